The quantitative estimate of drug-likeness (QED) is 0.907. The van der Waals surface area contributed by atoms with Crippen molar-refractivity contribution in [2.24, 2.45) is 11.8 Å². The molecule has 4 nitrogen and oxygen atoms in total. The Morgan fingerprint density at radius 2 is 2.25 bits per heavy atom. The van der Waals surface area contributed by atoms with Crippen LogP contribution in [-0.2, 0) is 17.8 Å². The van der Waals surface area contributed by atoms with Crippen LogP contribution in [0.1, 0.15) is 43.8 Å². The zero-order valence-electron chi connectivity index (χ0n) is 14.0. The van der Waals surface area contributed by atoms with Gasteiger partial charge in [-0.2, -0.15) is 0 Å². The van der Waals surface area contributed by atoms with Crippen molar-refractivity contribution in [3.63, 3.8) is 0 Å². The Hall–Kier alpha value is -1.72. The minimum atomic E-state index is 0.00397. The number of amides is 1. The maximum Gasteiger partial charge on any atom is 0.263 e. The van der Waals surface area contributed by atoms with Crippen molar-refractivity contribution < 1.29 is 9.53 Å². The summed E-state index contributed by atoms with van der Waals surface area (Å²) in [6.45, 7) is 3.11. The molecule has 24 heavy (non-hydrogen) atoms. The molecule has 0 bridgehead atoms. The molecule has 0 aliphatic heterocycles. The molecule has 1 aromatic heterocycles. The van der Waals surface area contributed by atoms with Crippen LogP contribution in [0.2, 0.25) is 0 Å². The minimum absolute atomic E-state index is 0.00397. The summed E-state index contributed by atoms with van der Waals surface area (Å²) in [6.07, 6.45) is 2.43. The second kappa shape index (κ2) is 6.30. The third kappa shape index (κ3) is 2.76. The first-order valence-electron chi connectivity index (χ1n) is 8.50. The highest BCUT2D eigenvalue weighted by Gasteiger charge is 2.52. The van der Waals surface area contributed by atoms with Gasteiger partial charge in [0.1, 0.15) is 9.88 Å². The maximum atomic E-state index is 12.5. The van der Waals surface area contributed by atoms with Gasteiger partial charge in [-0.25, -0.2) is 4.98 Å². The highest BCUT2D eigenvalue weighted by molar-refractivity contribution is 7.13. The number of ether oxygens (including phenoxy) is 1. The number of methoxy groups -OCH3 is 1. The van der Waals surface area contributed by atoms with E-state index in [4.69, 9.17) is 4.74 Å². The summed E-state index contributed by atoms with van der Waals surface area (Å²) in [5.74, 6) is 1.97. The number of aryl methyl sites for hydroxylation is 2. The van der Waals surface area contributed by atoms with Crippen LogP contribution < -0.4 is 5.32 Å². The van der Waals surface area contributed by atoms with Crippen LogP contribution in [0.25, 0.3) is 0 Å². The Morgan fingerprint density at radius 1 is 1.42 bits per heavy atom. The molecule has 2 aliphatic rings. The number of nitrogens with one attached hydrogen (secondary N) is 1. The normalized spacial score (nSPS) is 24.2. The van der Waals surface area contributed by atoms with Crippen LogP contribution in [0.15, 0.2) is 24.3 Å². The number of hydrogen-bond donors (Lipinski definition) is 1. The smallest absolute Gasteiger partial charge is 0.263 e. The molecule has 3 atom stereocenters. The number of thiazole rings is 1. The van der Waals surface area contributed by atoms with Crippen LogP contribution in [-0.4, -0.2) is 24.5 Å². The van der Waals surface area contributed by atoms with Crippen LogP contribution in [0.5, 0.6) is 0 Å². The number of rotatable bonds is 5. The van der Waals surface area contributed by atoms with E-state index in [-0.39, 0.29) is 5.91 Å². The van der Waals surface area contributed by atoms with Gasteiger partial charge in [-0.1, -0.05) is 24.3 Å². The van der Waals surface area contributed by atoms with Crippen molar-refractivity contribution in [1.29, 1.82) is 0 Å². The van der Waals surface area contributed by atoms with Crippen molar-refractivity contribution in [3.05, 3.63) is 51.0 Å². The SMILES string of the molecule is COCc1nc(C)c(C(=O)NC[C@@H]2[C@H]3CCc4ccccc4[C@@H]32)s1. The predicted octanol–water partition coefficient (Wildman–Crippen LogP) is 3.30. The molecule has 2 aromatic rings. The summed E-state index contributed by atoms with van der Waals surface area (Å²) in [4.78, 5) is 17.6. The van der Waals surface area contributed by atoms with E-state index in [1.165, 1.54) is 35.3 Å². The van der Waals surface area contributed by atoms with Gasteiger partial charge < -0.3 is 10.1 Å². The molecule has 5 heteroatoms. The van der Waals surface area contributed by atoms with Gasteiger partial charge in [-0.3, -0.25) is 4.79 Å². The summed E-state index contributed by atoms with van der Waals surface area (Å²) < 4.78 is 5.10. The van der Waals surface area contributed by atoms with Gasteiger partial charge in [0.2, 0.25) is 0 Å². The van der Waals surface area contributed by atoms with Crippen LogP contribution >= 0.6 is 11.3 Å². The number of carbonyl (C=O) groups excluding carboxylic acids is 1. The third-order valence-corrected chi connectivity index (χ3v) is 6.44. The van der Waals surface area contributed by atoms with Crippen molar-refractivity contribution in [2.75, 3.05) is 13.7 Å². The molecule has 0 saturated heterocycles. The molecular formula is C19H22N2O2S. The Morgan fingerprint density at radius 3 is 3.08 bits per heavy atom. The molecule has 2 aliphatic carbocycles. The van der Waals surface area contributed by atoms with E-state index in [2.05, 4.69) is 34.6 Å². The lowest BCUT2D eigenvalue weighted by atomic mass is 9.92. The second-order valence-corrected chi connectivity index (χ2v) is 7.84. The summed E-state index contributed by atoms with van der Waals surface area (Å²) in [6, 6.07) is 8.77. The van der Waals surface area contributed by atoms with Gasteiger partial charge in [-0.05, 0) is 48.6 Å². The van der Waals surface area contributed by atoms with Crippen LogP contribution in [0, 0.1) is 18.8 Å². The van der Waals surface area contributed by atoms with Crippen molar-refractivity contribution >= 4 is 17.2 Å². The fourth-order valence-corrected chi connectivity index (χ4v) is 5.08. The van der Waals surface area contributed by atoms with E-state index >= 15 is 0 Å². The minimum Gasteiger partial charge on any atom is -0.378 e. The van der Waals surface area contributed by atoms with E-state index in [9.17, 15) is 4.79 Å². The Bertz CT molecular complexity index is 770. The molecule has 1 amide bonds. The van der Waals surface area contributed by atoms with Crippen LogP contribution in [0.4, 0.5) is 0 Å². The lowest BCUT2D eigenvalue weighted by molar-refractivity contribution is 0.0954. The number of aromatic nitrogens is 1. The van der Waals surface area contributed by atoms with Crippen LogP contribution in [0.3, 0.4) is 0 Å². The lowest BCUT2D eigenvalue weighted by Gasteiger charge is -2.13. The number of benzene rings is 1. The Labute approximate surface area is 146 Å². The van der Waals surface area contributed by atoms with Gasteiger partial charge in [0.25, 0.3) is 5.91 Å². The summed E-state index contributed by atoms with van der Waals surface area (Å²) in [7, 11) is 1.64. The average Bonchev–Trinajstić information content (AvgIpc) is 3.19. The standard InChI is InChI=1S/C19H22N2O2S/c1-11-18(24-16(21-11)10-23-2)19(22)20-9-15-14-8-7-12-5-3-4-6-13(12)17(14)15/h3-6,14-15,17H,7-10H2,1-2H3,(H,20,22)/t14-,15-,17+/m1/s1. The first-order chi connectivity index (χ1) is 11.7. The molecule has 1 fully saturated rings. The summed E-state index contributed by atoms with van der Waals surface area (Å²) in [5, 5.41) is 3.99. The van der Waals surface area contributed by atoms with Crippen molar-refractivity contribution in [1.82, 2.24) is 10.3 Å². The van der Waals surface area contributed by atoms with Gasteiger partial charge in [0.15, 0.2) is 0 Å². The van der Waals surface area contributed by atoms with E-state index in [1.807, 2.05) is 6.92 Å². The van der Waals surface area contributed by atoms with Gasteiger partial charge in [-0.15, -0.1) is 11.3 Å². The fourth-order valence-electron chi connectivity index (χ4n) is 4.13. The first kappa shape index (κ1) is 15.8. The van der Waals surface area contributed by atoms with Crippen molar-refractivity contribution in [3.8, 4) is 0 Å². The largest absolute Gasteiger partial charge is 0.378 e. The number of carbonyl (C=O) groups is 1. The van der Waals surface area contributed by atoms with E-state index in [0.29, 0.717) is 23.3 Å². The van der Waals surface area contributed by atoms with Gasteiger partial charge in [0, 0.05) is 13.7 Å². The third-order valence-electron chi connectivity index (χ3n) is 5.31. The fraction of sp³-hybridized carbons (Fsp3) is 0.474. The zero-order chi connectivity index (χ0) is 16.7. The highest BCUT2D eigenvalue weighted by atomic mass is 32.1. The highest BCUT2D eigenvalue weighted by Crippen LogP contribution is 2.59. The predicted molar refractivity (Wildman–Crippen MR) is 94.4 cm³/mol. The summed E-state index contributed by atoms with van der Waals surface area (Å²) >= 11 is 1.43. The topological polar surface area (TPSA) is 51.2 Å². The Balaban J connectivity index is 1.39. The molecule has 1 saturated carbocycles. The van der Waals surface area contributed by atoms with E-state index in [1.54, 1.807) is 7.11 Å². The monoisotopic (exact) mass is 342 g/mol. The lowest BCUT2D eigenvalue weighted by Crippen LogP contribution is -2.26. The van der Waals surface area contributed by atoms with E-state index in [0.717, 1.165) is 23.2 Å². The zero-order valence-corrected chi connectivity index (χ0v) is 14.9. The average molecular weight is 342 g/mol. The maximum absolute atomic E-state index is 12.5. The second-order valence-electron chi connectivity index (χ2n) is 6.76. The molecular weight excluding hydrogens is 320 g/mol. The molecule has 126 valence electrons. The first-order valence-corrected chi connectivity index (χ1v) is 9.32. The molecule has 0 unspecified atom stereocenters. The number of hydrogen-bond acceptors (Lipinski definition) is 4. The molecule has 4 rings (SSSR count). The molecule has 1 N–H and O–H groups in total. The molecule has 0 spiro atoms. The molecule has 1 aromatic carbocycles. The molecule has 1 heterocycles. The summed E-state index contributed by atoms with van der Waals surface area (Å²) in [5.41, 5.74) is 3.79. The van der Waals surface area contributed by atoms with Crippen molar-refractivity contribution in [2.45, 2.75) is 32.3 Å². The van der Waals surface area contributed by atoms with Gasteiger partial charge in [0.05, 0.1) is 12.3 Å². The van der Waals surface area contributed by atoms with Gasteiger partial charge >= 0.3 is 0 Å². The number of fused-ring (bicyclic) bond motifs is 3. The number of nitrogens with zero attached hydrogens (tertiary/aromatic N) is 1. The molecule has 0 radical (unpaired) electrons. The van der Waals surface area contributed by atoms with E-state index < -0.39 is 0 Å². The Kier molecular flexibility index (Phi) is 4.14.